The van der Waals surface area contributed by atoms with E-state index in [1.165, 1.54) is 14.0 Å². The third-order valence-electron chi connectivity index (χ3n) is 3.03. The molecule has 0 bridgehead atoms. The van der Waals surface area contributed by atoms with Crippen molar-refractivity contribution < 1.29 is 19.4 Å². The van der Waals surface area contributed by atoms with Crippen LogP contribution in [-0.2, 0) is 4.79 Å². The molecule has 4 heteroatoms. The zero-order chi connectivity index (χ0) is 13.9. The van der Waals surface area contributed by atoms with Gasteiger partial charge in [0.15, 0.2) is 5.78 Å². The van der Waals surface area contributed by atoms with Gasteiger partial charge in [0.25, 0.3) is 0 Å². The number of ketones is 1. The fraction of sp³-hybridized carbons (Fsp3) is 0.429. The summed E-state index contributed by atoms with van der Waals surface area (Å²) in [5.41, 5.74) is 2.48. The number of carbonyl (C=O) groups is 2. The number of Topliss-reactive ketones (excluding diaryl/α,β-unsaturated/α-hetero) is 1. The summed E-state index contributed by atoms with van der Waals surface area (Å²) in [7, 11) is 1.50. The lowest BCUT2D eigenvalue weighted by Crippen LogP contribution is -2.15. The van der Waals surface area contributed by atoms with E-state index < -0.39 is 11.9 Å². The Kier molecular flexibility index (Phi) is 4.48. The van der Waals surface area contributed by atoms with Gasteiger partial charge in [-0.25, -0.2) is 0 Å². The minimum absolute atomic E-state index is 0.0196. The molecular formula is C14H18O4. The van der Waals surface area contributed by atoms with Gasteiger partial charge < -0.3 is 9.84 Å². The monoisotopic (exact) mass is 250 g/mol. The number of ether oxygens (including phenoxy) is 1. The Morgan fingerprint density at radius 3 is 2.33 bits per heavy atom. The van der Waals surface area contributed by atoms with Crippen molar-refractivity contribution in [2.24, 2.45) is 5.92 Å². The van der Waals surface area contributed by atoms with Crippen molar-refractivity contribution in [2.75, 3.05) is 7.11 Å². The summed E-state index contributed by atoms with van der Waals surface area (Å²) in [6.07, 6.45) is -0.0196. The minimum Gasteiger partial charge on any atom is -0.496 e. The first-order valence-electron chi connectivity index (χ1n) is 5.78. The normalized spacial score (nSPS) is 12.0. The number of rotatable bonds is 5. The van der Waals surface area contributed by atoms with Crippen molar-refractivity contribution in [2.45, 2.75) is 27.2 Å². The first-order valence-corrected chi connectivity index (χ1v) is 5.78. The molecule has 1 N–H and O–H groups in total. The second-order valence-corrected chi connectivity index (χ2v) is 4.50. The summed E-state index contributed by atoms with van der Waals surface area (Å²) in [4.78, 5) is 22.8. The van der Waals surface area contributed by atoms with Crippen LogP contribution >= 0.6 is 0 Å². The Hall–Kier alpha value is -1.84. The lowest BCUT2D eigenvalue weighted by Gasteiger charge is -2.12. The number of carboxylic acids is 1. The molecule has 1 aromatic carbocycles. The van der Waals surface area contributed by atoms with E-state index in [2.05, 4.69) is 0 Å². The van der Waals surface area contributed by atoms with Gasteiger partial charge in [-0.3, -0.25) is 9.59 Å². The third-order valence-corrected chi connectivity index (χ3v) is 3.03. The van der Waals surface area contributed by atoms with Crippen LogP contribution in [0.5, 0.6) is 5.75 Å². The van der Waals surface area contributed by atoms with Gasteiger partial charge in [0.05, 0.1) is 18.6 Å². The van der Waals surface area contributed by atoms with Crippen LogP contribution in [0.4, 0.5) is 0 Å². The summed E-state index contributed by atoms with van der Waals surface area (Å²) in [5, 5.41) is 8.82. The number of carboxylic acid groups (broad SMARTS) is 1. The standard InChI is InChI=1S/C14H18O4/c1-8-5-11(13(18-4)7-9(8)2)12(15)6-10(3)14(16)17/h5,7,10H,6H2,1-4H3,(H,16,17). The van der Waals surface area contributed by atoms with Crippen LogP contribution in [0.3, 0.4) is 0 Å². The quantitative estimate of drug-likeness (QED) is 0.816. The summed E-state index contributed by atoms with van der Waals surface area (Å²) in [6, 6.07) is 3.55. The third kappa shape index (κ3) is 3.09. The molecule has 0 radical (unpaired) electrons. The van der Waals surface area contributed by atoms with Gasteiger partial charge in [-0.2, -0.15) is 0 Å². The van der Waals surface area contributed by atoms with E-state index in [4.69, 9.17) is 9.84 Å². The first-order chi connectivity index (χ1) is 8.36. The molecule has 0 aliphatic carbocycles. The second-order valence-electron chi connectivity index (χ2n) is 4.50. The lowest BCUT2D eigenvalue weighted by atomic mass is 9.96. The molecule has 0 aliphatic heterocycles. The van der Waals surface area contributed by atoms with Crippen molar-refractivity contribution >= 4 is 11.8 Å². The first kappa shape index (κ1) is 14.2. The molecule has 1 aromatic rings. The molecule has 1 unspecified atom stereocenters. The van der Waals surface area contributed by atoms with E-state index in [9.17, 15) is 9.59 Å². The Balaban J connectivity index is 3.05. The average Bonchev–Trinajstić information content (AvgIpc) is 2.31. The van der Waals surface area contributed by atoms with Crippen molar-refractivity contribution in [3.63, 3.8) is 0 Å². The van der Waals surface area contributed by atoms with Gasteiger partial charge in [0.2, 0.25) is 0 Å². The van der Waals surface area contributed by atoms with Crippen LogP contribution in [0.15, 0.2) is 12.1 Å². The van der Waals surface area contributed by atoms with Crippen LogP contribution in [0.25, 0.3) is 0 Å². The van der Waals surface area contributed by atoms with Gasteiger partial charge in [0, 0.05) is 6.42 Å². The van der Waals surface area contributed by atoms with Crippen LogP contribution < -0.4 is 4.74 Å². The minimum atomic E-state index is -0.967. The number of hydrogen-bond acceptors (Lipinski definition) is 3. The SMILES string of the molecule is COc1cc(C)c(C)cc1C(=O)CC(C)C(=O)O. The highest BCUT2D eigenvalue weighted by atomic mass is 16.5. The summed E-state index contributed by atoms with van der Waals surface area (Å²) in [5.74, 6) is -1.36. The lowest BCUT2D eigenvalue weighted by molar-refractivity contribution is -0.141. The molecule has 4 nitrogen and oxygen atoms in total. The molecule has 1 rings (SSSR count). The predicted octanol–water partition coefficient (Wildman–Crippen LogP) is 2.61. The molecular weight excluding hydrogens is 232 g/mol. The highest BCUT2D eigenvalue weighted by Gasteiger charge is 2.20. The van der Waals surface area contributed by atoms with Crippen molar-refractivity contribution in [1.82, 2.24) is 0 Å². The molecule has 0 heterocycles. The molecule has 0 saturated heterocycles. The van der Waals surface area contributed by atoms with Gasteiger partial charge in [-0.15, -0.1) is 0 Å². The zero-order valence-corrected chi connectivity index (χ0v) is 11.1. The number of aryl methyl sites for hydroxylation is 2. The number of carbonyl (C=O) groups excluding carboxylic acids is 1. The van der Waals surface area contributed by atoms with Gasteiger partial charge in [-0.05, 0) is 37.1 Å². The van der Waals surface area contributed by atoms with Crippen LogP contribution in [-0.4, -0.2) is 24.0 Å². The van der Waals surface area contributed by atoms with Gasteiger partial charge in [-0.1, -0.05) is 6.92 Å². The maximum absolute atomic E-state index is 12.1. The summed E-state index contributed by atoms with van der Waals surface area (Å²) < 4.78 is 5.18. The molecule has 1 atom stereocenters. The second kappa shape index (κ2) is 5.67. The fourth-order valence-electron chi connectivity index (χ4n) is 1.65. The Labute approximate surface area is 107 Å². The van der Waals surface area contributed by atoms with Gasteiger partial charge >= 0.3 is 5.97 Å². The molecule has 0 spiro atoms. The zero-order valence-electron chi connectivity index (χ0n) is 11.1. The maximum Gasteiger partial charge on any atom is 0.306 e. The Bertz CT molecular complexity index is 477. The molecule has 0 fully saturated rings. The van der Waals surface area contributed by atoms with E-state index in [1.54, 1.807) is 12.1 Å². The van der Waals surface area contributed by atoms with Crippen LogP contribution in [0.1, 0.15) is 34.8 Å². The number of aliphatic carboxylic acids is 1. The van der Waals surface area contributed by atoms with E-state index in [-0.39, 0.29) is 12.2 Å². The highest BCUT2D eigenvalue weighted by molar-refractivity contribution is 6.00. The van der Waals surface area contributed by atoms with Crippen molar-refractivity contribution in [1.29, 1.82) is 0 Å². The molecule has 0 amide bonds. The smallest absolute Gasteiger partial charge is 0.306 e. The summed E-state index contributed by atoms with van der Waals surface area (Å²) >= 11 is 0. The number of methoxy groups -OCH3 is 1. The maximum atomic E-state index is 12.1. The molecule has 98 valence electrons. The summed E-state index contributed by atoms with van der Waals surface area (Å²) in [6.45, 7) is 5.37. The predicted molar refractivity (Wildman–Crippen MR) is 68.2 cm³/mol. The molecule has 18 heavy (non-hydrogen) atoms. The van der Waals surface area contributed by atoms with Crippen LogP contribution in [0.2, 0.25) is 0 Å². The Morgan fingerprint density at radius 1 is 1.28 bits per heavy atom. The number of benzene rings is 1. The van der Waals surface area contributed by atoms with Crippen molar-refractivity contribution in [3.8, 4) is 5.75 Å². The van der Waals surface area contributed by atoms with Crippen LogP contribution in [0, 0.1) is 19.8 Å². The Morgan fingerprint density at radius 2 is 1.83 bits per heavy atom. The van der Waals surface area contributed by atoms with E-state index in [0.717, 1.165) is 11.1 Å². The van der Waals surface area contributed by atoms with E-state index >= 15 is 0 Å². The fourth-order valence-corrected chi connectivity index (χ4v) is 1.65. The highest BCUT2D eigenvalue weighted by Crippen LogP contribution is 2.25. The molecule has 0 aromatic heterocycles. The molecule has 0 aliphatic rings. The molecule has 0 saturated carbocycles. The van der Waals surface area contributed by atoms with E-state index in [0.29, 0.717) is 11.3 Å². The largest absolute Gasteiger partial charge is 0.496 e. The van der Waals surface area contributed by atoms with Gasteiger partial charge in [0.1, 0.15) is 5.75 Å². The van der Waals surface area contributed by atoms with Crippen molar-refractivity contribution in [3.05, 3.63) is 28.8 Å². The topological polar surface area (TPSA) is 63.6 Å². The number of hydrogen-bond donors (Lipinski definition) is 1. The average molecular weight is 250 g/mol. The van der Waals surface area contributed by atoms with E-state index in [1.807, 2.05) is 13.8 Å².